The molecule has 0 saturated heterocycles. The standard InChI is InChI=1S/C31H35.2ClH.Zr/c1-20(2)24-15-25(21(3)4)17-26(16-24)30-28(22-11-9-8-10-12-22)14-13-23-18-27(19-29(23)30)31(5,6)7;;;/h8-21H,1-7H3;2*1H;/q;;;+2/p-2. The molecule has 1 unspecified atom stereocenters. The molecule has 34 heavy (non-hydrogen) atoms. The molecule has 0 nitrogen and oxygen atoms in total. The van der Waals surface area contributed by atoms with Crippen LogP contribution < -0.4 is 0 Å². The summed E-state index contributed by atoms with van der Waals surface area (Å²) < 4.78 is 0.196. The molecule has 0 spiro atoms. The predicted octanol–water partition coefficient (Wildman–Crippen LogP) is 10.7. The molecular weight excluding hydrogens is 534 g/mol. The quantitative estimate of drug-likeness (QED) is 0.287. The minimum atomic E-state index is -2.62. The number of allylic oxidation sites excluding steroid dienone is 1. The van der Waals surface area contributed by atoms with Crippen molar-refractivity contribution in [1.82, 2.24) is 0 Å². The van der Waals surface area contributed by atoms with Crippen LogP contribution in [0.5, 0.6) is 0 Å². The topological polar surface area (TPSA) is 0 Å². The van der Waals surface area contributed by atoms with Gasteiger partial charge in [-0.2, -0.15) is 0 Å². The first-order valence-corrected chi connectivity index (χ1v) is 20.0. The van der Waals surface area contributed by atoms with Crippen molar-refractivity contribution in [2.75, 3.05) is 0 Å². The summed E-state index contributed by atoms with van der Waals surface area (Å²) in [7, 11) is 13.6. The van der Waals surface area contributed by atoms with Crippen molar-refractivity contribution < 1.29 is 19.4 Å². The van der Waals surface area contributed by atoms with Crippen LogP contribution in [-0.4, -0.2) is 0 Å². The summed E-state index contributed by atoms with van der Waals surface area (Å²) in [5.74, 6) is 0.932. The molecule has 1 aliphatic rings. The molecule has 1 atom stereocenters. The first kappa shape index (κ1) is 25.9. The molecule has 0 amide bonds. The van der Waals surface area contributed by atoms with E-state index in [-0.39, 0.29) is 9.04 Å². The Morgan fingerprint density at radius 2 is 1.35 bits per heavy atom. The Morgan fingerprint density at radius 3 is 1.85 bits per heavy atom. The summed E-state index contributed by atoms with van der Waals surface area (Å²) in [6, 6.07) is 22.5. The Bertz CT molecular complexity index is 1190. The van der Waals surface area contributed by atoms with Gasteiger partial charge in [0.05, 0.1) is 0 Å². The van der Waals surface area contributed by atoms with E-state index < -0.39 is 19.4 Å². The molecule has 177 valence electrons. The Kier molecular flexibility index (Phi) is 7.69. The number of benzene rings is 3. The van der Waals surface area contributed by atoms with Crippen LogP contribution in [0, 0.1) is 5.41 Å². The molecule has 3 aromatic carbocycles. The van der Waals surface area contributed by atoms with Gasteiger partial charge in [-0.15, -0.1) is 0 Å². The molecule has 3 heteroatoms. The molecule has 0 fully saturated rings. The van der Waals surface area contributed by atoms with Crippen LogP contribution in [0.1, 0.15) is 86.2 Å². The van der Waals surface area contributed by atoms with Crippen molar-refractivity contribution in [3.8, 4) is 22.3 Å². The molecule has 0 aliphatic heterocycles. The third-order valence-corrected chi connectivity index (χ3v) is 12.2. The van der Waals surface area contributed by atoms with Gasteiger partial charge in [-0.25, -0.2) is 0 Å². The van der Waals surface area contributed by atoms with Gasteiger partial charge in [-0.1, -0.05) is 0 Å². The second kappa shape index (κ2) is 10.1. The number of hydrogen-bond donors (Lipinski definition) is 0. The average molecular weight is 570 g/mol. The summed E-state index contributed by atoms with van der Waals surface area (Å²) in [4.78, 5) is 0. The van der Waals surface area contributed by atoms with Crippen LogP contribution >= 0.6 is 17.0 Å². The fourth-order valence-electron chi connectivity index (χ4n) is 4.99. The van der Waals surface area contributed by atoms with E-state index in [4.69, 9.17) is 17.0 Å². The summed E-state index contributed by atoms with van der Waals surface area (Å²) >= 11 is -2.62. The average Bonchev–Trinajstić information content (AvgIpc) is 3.19. The summed E-state index contributed by atoms with van der Waals surface area (Å²) in [6.45, 7) is 16.0. The van der Waals surface area contributed by atoms with Crippen LogP contribution in [0.2, 0.25) is 0 Å². The van der Waals surface area contributed by atoms with E-state index in [1.165, 1.54) is 50.1 Å². The molecule has 0 bridgehead atoms. The van der Waals surface area contributed by atoms with Crippen LogP contribution in [0.4, 0.5) is 0 Å². The normalized spacial score (nSPS) is 15.6. The Labute approximate surface area is 221 Å². The van der Waals surface area contributed by atoms with Gasteiger partial charge in [-0.05, 0) is 0 Å². The van der Waals surface area contributed by atoms with Gasteiger partial charge >= 0.3 is 223 Å². The van der Waals surface area contributed by atoms with E-state index in [0.29, 0.717) is 11.8 Å². The number of halogens is 2. The van der Waals surface area contributed by atoms with Gasteiger partial charge in [0.2, 0.25) is 0 Å². The van der Waals surface area contributed by atoms with E-state index in [0.717, 1.165) is 0 Å². The molecule has 3 aromatic rings. The van der Waals surface area contributed by atoms with E-state index >= 15 is 0 Å². The Balaban J connectivity index is 2.09. The van der Waals surface area contributed by atoms with Gasteiger partial charge in [0, 0.05) is 0 Å². The Morgan fingerprint density at radius 1 is 0.765 bits per heavy atom. The molecule has 0 aromatic heterocycles. The Hall–Kier alpha value is -1.14. The molecule has 1 aliphatic carbocycles. The number of rotatable bonds is 5. The van der Waals surface area contributed by atoms with Crippen LogP contribution in [0.3, 0.4) is 0 Å². The van der Waals surface area contributed by atoms with Gasteiger partial charge in [-0.3, -0.25) is 0 Å². The van der Waals surface area contributed by atoms with E-state index in [1.807, 2.05) is 0 Å². The van der Waals surface area contributed by atoms with Crippen molar-refractivity contribution in [2.45, 2.75) is 63.9 Å². The number of fused-ring (bicyclic) bond motifs is 1. The van der Waals surface area contributed by atoms with Gasteiger partial charge < -0.3 is 0 Å². The van der Waals surface area contributed by atoms with Gasteiger partial charge in [0.25, 0.3) is 0 Å². The second-order valence-electron chi connectivity index (χ2n) is 11.1. The van der Waals surface area contributed by atoms with Crippen molar-refractivity contribution in [2.24, 2.45) is 5.41 Å². The second-order valence-corrected chi connectivity index (χ2v) is 19.9. The first-order valence-electron chi connectivity index (χ1n) is 12.3. The zero-order chi connectivity index (χ0) is 24.8. The predicted molar refractivity (Wildman–Crippen MR) is 147 cm³/mol. The van der Waals surface area contributed by atoms with Crippen LogP contribution in [-0.2, 0) is 19.4 Å². The van der Waals surface area contributed by atoms with Crippen molar-refractivity contribution in [1.29, 1.82) is 0 Å². The molecule has 0 saturated carbocycles. The monoisotopic (exact) mass is 567 g/mol. The van der Waals surface area contributed by atoms with Crippen molar-refractivity contribution >= 4 is 23.1 Å². The van der Waals surface area contributed by atoms with Gasteiger partial charge in [0.15, 0.2) is 0 Å². The maximum atomic E-state index is 6.82. The summed E-state index contributed by atoms with van der Waals surface area (Å²) in [5.41, 5.74) is 11.9. The SMILES string of the molecule is CC(C)c1cc(-c2c(-c3ccccc3)ccc3c2C=C(C(C)(C)C)[CH]3[Zr]([Cl])[Cl])cc(C(C)C)c1. The van der Waals surface area contributed by atoms with E-state index in [1.54, 1.807) is 0 Å². The fourth-order valence-corrected chi connectivity index (χ4v) is 10.8. The third kappa shape index (κ3) is 5.04. The molecular formula is C31H35Cl2Zr. The van der Waals surface area contributed by atoms with Crippen LogP contribution in [0.25, 0.3) is 28.3 Å². The molecule has 0 heterocycles. The van der Waals surface area contributed by atoms with Gasteiger partial charge in [0.1, 0.15) is 0 Å². The van der Waals surface area contributed by atoms with E-state index in [9.17, 15) is 0 Å². The third-order valence-electron chi connectivity index (χ3n) is 6.97. The summed E-state index contributed by atoms with van der Waals surface area (Å²) in [6.07, 6.45) is 2.42. The zero-order valence-corrected chi connectivity index (χ0v) is 25.3. The minimum absolute atomic E-state index is 0.0202. The maximum absolute atomic E-state index is 6.82. The van der Waals surface area contributed by atoms with Crippen LogP contribution in [0.15, 0.2) is 66.2 Å². The first-order chi connectivity index (χ1) is 16.0. The fraction of sp³-hybridized carbons (Fsp3) is 0.355. The molecule has 4 rings (SSSR count). The van der Waals surface area contributed by atoms with E-state index in [2.05, 4.69) is 115 Å². The summed E-state index contributed by atoms with van der Waals surface area (Å²) in [5, 5.41) is 0. The van der Waals surface area contributed by atoms with Crippen molar-refractivity contribution in [3.05, 3.63) is 88.5 Å². The molecule has 0 radical (unpaired) electrons. The zero-order valence-electron chi connectivity index (χ0n) is 21.3. The number of hydrogen-bond acceptors (Lipinski definition) is 0. The molecule has 0 N–H and O–H groups in total. The van der Waals surface area contributed by atoms with Crippen molar-refractivity contribution in [3.63, 3.8) is 0 Å².